The molecule has 6 rings (SSSR count). The van der Waals surface area contributed by atoms with Gasteiger partial charge in [0.1, 0.15) is 36.7 Å². The zero-order chi connectivity index (χ0) is 45.6. The fraction of sp³-hybridized carbons (Fsp3) is 0.391. The van der Waals surface area contributed by atoms with Gasteiger partial charge >= 0.3 is 0 Å². The Kier molecular flexibility index (Phi) is 16.0. The van der Waals surface area contributed by atoms with Gasteiger partial charge in [-0.3, -0.25) is 28.8 Å². The van der Waals surface area contributed by atoms with Crippen LogP contribution in [0.5, 0.6) is 0 Å². The number of hydrogen-bond acceptors (Lipinski definition) is 12. The number of likely N-dealkylation sites (tertiary alicyclic amines) is 2. The Morgan fingerprint density at radius 1 is 0.641 bits per heavy atom. The lowest BCUT2D eigenvalue weighted by Gasteiger charge is -2.27. The maximum Gasteiger partial charge on any atom is 0.277 e. The van der Waals surface area contributed by atoms with E-state index in [1.165, 1.54) is 12.5 Å². The van der Waals surface area contributed by atoms with Gasteiger partial charge in [0.25, 0.3) is 11.8 Å². The molecule has 2 fully saturated rings. The molecule has 4 heterocycles. The summed E-state index contributed by atoms with van der Waals surface area (Å²) in [6.07, 6.45) is 4.66. The molecule has 2 aromatic heterocycles. The summed E-state index contributed by atoms with van der Waals surface area (Å²) in [5.41, 5.74) is 1.31. The topological polar surface area (TPSA) is 233 Å². The van der Waals surface area contributed by atoms with Crippen LogP contribution in [0.3, 0.4) is 0 Å². The fourth-order valence-corrected chi connectivity index (χ4v) is 7.15. The molecular weight excluding hydrogens is 821 g/mol. The van der Waals surface area contributed by atoms with Crippen molar-refractivity contribution in [2.75, 3.05) is 37.8 Å². The Balaban J connectivity index is 1.13. The number of oxazole rings is 2. The highest BCUT2D eigenvalue weighted by molar-refractivity contribution is 6.03. The minimum absolute atomic E-state index is 0.0596. The summed E-state index contributed by atoms with van der Waals surface area (Å²) in [7, 11) is 3.26. The van der Waals surface area contributed by atoms with E-state index in [0.29, 0.717) is 50.1 Å². The number of carbonyl (C=O) groups is 6. The molecular formula is C46H52N10O8. The Hall–Kier alpha value is -7.28. The number of benzene rings is 2. The van der Waals surface area contributed by atoms with E-state index in [2.05, 4.69) is 65.6 Å². The number of para-hydroxylation sites is 2. The normalized spacial score (nSPS) is 17.4. The molecule has 6 atom stereocenters. The molecule has 18 nitrogen and oxygen atoms in total. The molecule has 0 radical (unpaired) electrons. The average Bonchev–Trinajstić information content (AvgIpc) is 4.16. The van der Waals surface area contributed by atoms with Crippen molar-refractivity contribution in [3.05, 3.63) is 96.4 Å². The Morgan fingerprint density at radius 3 is 1.41 bits per heavy atom. The van der Waals surface area contributed by atoms with Crippen LogP contribution in [-0.4, -0.2) is 107 Å². The van der Waals surface area contributed by atoms with Crippen LogP contribution < -0.4 is 31.9 Å². The first-order valence-corrected chi connectivity index (χ1v) is 21.1. The molecule has 64 heavy (non-hydrogen) atoms. The minimum atomic E-state index is -1.06. The highest BCUT2D eigenvalue weighted by atomic mass is 16.3. The number of hydrogen-bond donors (Lipinski definition) is 6. The first kappa shape index (κ1) is 46.2. The van der Waals surface area contributed by atoms with E-state index in [1.807, 2.05) is 12.1 Å². The van der Waals surface area contributed by atoms with Crippen LogP contribution in [-0.2, 0) is 19.2 Å². The summed E-state index contributed by atoms with van der Waals surface area (Å²) in [6.45, 7) is 4.05. The number of nitrogens with one attached hydrogen (secondary N) is 6. The lowest BCUT2D eigenvalue weighted by Crippen LogP contribution is -2.52. The zero-order valence-corrected chi connectivity index (χ0v) is 36.1. The highest BCUT2D eigenvalue weighted by Gasteiger charge is 2.39. The standard InChI is InChI=1S/C46H52N10O8/c1-29(47-3)39(57)51-33(45(61)55-25-15-23-37(55)43-53-35(27-63-43)41(59)49-31-17-9-7-10-18-31)21-13-5-6-14-22-34(52-40(58)30(2)48-4)46(62)56-26-16-24-38(56)44-54-36(28-64-44)42(60)50-32-19-11-8-12-20-32/h7-12,17-20,27-30,33-34,37-38,47-48H,15-16,21-26H2,1-4H3,(H,49,59)(H,50,60)(H,51,57)(H,52,58)/t29-,30-,33-,34-,37-,38-/m0/s1. The smallest absolute Gasteiger partial charge is 0.277 e. The largest absolute Gasteiger partial charge is 0.446 e. The summed E-state index contributed by atoms with van der Waals surface area (Å²) in [5, 5.41) is 16.9. The molecule has 2 aliphatic rings. The lowest BCUT2D eigenvalue weighted by atomic mass is 10.1. The van der Waals surface area contributed by atoms with Crippen LogP contribution in [0, 0.1) is 23.7 Å². The molecule has 2 saturated heterocycles. The molecule has 6 amide bonds. The lowest BCUT2D eigenvalue weighted by molar-refractivity contribution is -0.138. The third-order valence-corrected chi connectivity index (χ3v) is 10.9. The number of aromatic nitrogens is 2. The van der Waals surface area contributed by atoms with Crippen molar-refractivity contribution in [1.29, 1.82) is 0 Å². The number of nitrogens with zero attached hydrogens (tertiary/aromatic N) is 4. The summed E-state index contributed by atoms with van der Waals surface area (Å²) >= 11 is 0. The van der Waals surface area contributed by atoms with E-state index in [0.717, 1.165) is 0 Å². The van der Waals surface area contributed by atoms with Crippen molar-refractivity contribution in [3.8, 4) is 23.7 Å². The molecule has 18 heteroatoms. The quantitative estimate of drug-likeness (QED) is 0.0892. The van der Waals surface area contributed by atoms with Gasteiger partial charge in [-0.1, -0.05) is 48.2 Å². The van der Waals surface area contributed by atoms with Gasteiger partial charge in [0.2, 0.25) is 35.4 Å². The van der Waals surface area contributed by atoms with Crippen LogP contribution in [0.2, 0.25) is 0 Å². The number of carbonyl (C=O) groups excluding carboxylic acids is 6. The summed E-state index contributed by atoms with van der Waals surface area (Å²) < 4.78 is 11.4. The van der Waals surface area contributed by atoms with E-state index in [4.69, 9.17) is 8.83 Å². The van der Waals surface area contributed by atoms with Crippen LogP contribution in [0.15, 0.2) is 82.0 Å². The van der Waals surface area contributed by atoms with Crippen molar-refractivity contribution in [2.24, 2.45) is 0 Å². The monoisotopic (exact) mass is 872 g/mol. The van der Waals surface area contributed by atoms with Crippen molar-refractivity contribution in [1.82, 2.24) is 41.0 Å². The van der Waals surface area contributed by atoms with Gasteiger partial charge in [-0.05, 0) is 89.7 Å². The SMILES string of the molecule is CN[C@@H](C)C(=O)N[C@@H](CC#CC#CC[C@H](NC(=O)[C@H](C)NC)C(=O)N1CCC[C@H]1c1nc(C(=O)Nc2ccccc2)co1)C(=O)N1CCC[C@H]1c1nc(C(=O)Nc2ccccc2)co1. The van der Waals surface area contributed by atoms with Crippen LogP contribution in [0.25, 0.3) is 0 Å². The summed E-state index contributed by atoms with van der Waals surface area (Å²) in [5.74, 6) is 9.09. The minimum Gasteiger partial charge on any atom is -0.446 e. The van der Waals surface area contributed by atoms with E-state index in [9.17, 15) is 28.8 Å². The second-order valence-corrected chi connectivity index (χ2v) is 15.3. The molecule has 334 valence electrons. The van der Waals surface area contributed by atoms with E-state index in [-0.39, 0.29) is 36.0 Å². The molecule has 0 spiro atoms. The number of rotatable bonds is 16. The fourth-order valence-electron chi connectivity index (χ4n) is 7.15. The van der Waals surface area contributed by atoms with Crippen LogP contribution in [0.4, 0.5) is 11.4 Å². The van der Waals surface area contributed by atoms with Gasteiger partial charge in [-0.2, -0.15) is 0 Å². The second-order valence-electron chi connectivity index (χ2n) is 15.3. The Labute approximate surface area is 371 Å². The molecule has 0 unspecified atom stereocenters. The molecule has 2 aliphatic heterocycles. The third kappa shape index (κ3) is 11.8. The van der Waals surface area contributed by atoms with Crippen molar-refractivity contribution in [2.45, 2.75) is 88.6 Å². The third-order valence-electron chi connectivity index (χ3n) is 10.9. The number of anilines is 2. The van der Waals surface area contributed by atoms with Crippen LogP contribution >= 0.6 is 0 Å². The Morgan fingerprint density at radius 2 is 1.03 bits per heavy atom. The maximum atomic E-state index is 14.1. The predicted molar refractivity (Wildman–Crippen MR) is 235 cm³/mol. The van der Waals surface area contributed by atoms with Crippen LogP contribution in [0.1, 0.15) is 97.2 Å². The Bertz CT molecular complexity index is 2250. The first-order valence-electron chi connectivity index (χ1n) is 21.1. The van der Waals surface area contributed by atoms with E-state index < -0.39 is 71.7 Å². The van der Waals surface area contributed by atoms with Gasteiger partial charge in [0.05, 0.1) is 12.1 Å². The predicted octanol–water partition coefficient (Wildman–Crippen LogP) is 3.17. The van der Waals surface area contributed by atoms with Gasteiger partial charge in [-0.15, -0.1) is 0 Å². The molecule has 0 aliphatic carbocycles. The van der Waals surface area contributed by atoms with Crippen molar-refractivity contribution < 1.29 is 37.6 Å². The van der Waals surface area contributed by atoms with E-state index in [1.54, 1.807) is 86.3 Å². The van der Waals surface area contributed by atoms with Crippen molar-refractivity contribution >= 4 is 46.8 Å². The summed E-state index contributed by atoms with van der Waals surface area (Å²) in [6, 6.07) is 13.4. The van der Waals surface area contributed by atoms with E-state index >= 15 is 0 Å². The van der Waals surface area contributed by atoms with Crippen molar-refractivity contribution in [3.63, 3.8) is 0 Å². The molecule has 4 aromatic rings. The first-order chi connectivity index (χ1) is 31.0. The molecule has 0 bridgehead atoms. The molecule has 0 saturated carbocycles. The number of likely N-dealkylation sites (N-methyl/N-ethyl adjacent to an activating group) is 2. The summed E-state index contributed by atoms with van der Waals surface area (Å²) in [4.78, 5) is 92.0. The molecule has 6 N–H and O–H groups in total. The second kappa shape index (κ2) is 22.2. The van der Waals surface area contributed by atoms with Gasteiger partial charge in [0, 0.05) is 37.3 Å². The number of amides is 6. The van der Waals surface area contributed by atoms with Gasteiger partial charge < -0.3 is 50.5 Å². The zero-order valence-electron chi connectivity index (χ0n) is 36.1. The van der Waals surface area contributed by atoms with Gasteiger partial charge in [-0.25, -0.2) is 9.97 Å². The maximum absolute atomic E-state index is 14.1. The van der Waals surface area contributed by atoms with Gasteiger partial charge in [0.15, 0.2) is 11.4 Å². The average molecular weight is 873 g/mol. The molecule has 2 aromatic carbocycles. The highest BCUT2D eigenvalue weighted by Crippen LogP contribution is 2.34.